The Morgan fingerprint density at radius 1 is 0.878 bits per heavy atom. The molecule has 0 aliphatic rings. The maximum atomic E-state index is 13.9. The summed E-state index contributed by atoms with van der Waals surface area (Å²) < 4.78 is 26.7. The molecule has 0 bridgehead atoms. The molecule has 0 aliphatic carbocycles. The van der Waals surface area contributed by atoms with Crippen LogP contribution in [0.15, 0.2) is 78.9 Å². The molecule has 7 nitrogen and oxygen atoms in total. The van der Waals surface area contributed by atoms with Crippen LogP contribution in [0.25, 0.3) is 0 Å². The average Bonchev–Trinajstić information content (AvgIpc) is 2.93. The van der Waals surface area contributed by atoms with E-state index in [0.717, 1.165) is 35.1 Å². The zero-order valence-electron chi connectivity index (χ0n) is 24.7. The molecule has 1 N–H and O–H groups in total. The van der Waals surface area contributed by atoms with Gasteiger partial charge >= 0.3 is 0 Å². The van der Waals surface area contributed by atoms with Crippen molar-refractivity contribution >= 4 is 27.5 Å². The number of nitrogens with one attached hydrogen (secondary N) is 1. The summed E-state index contributed by atoms with van der Waals surface area (Å²) in [5.74, 6) is -0.364. The van der Waals surface area contributed by atoms with Gasteiger partial charge in [0.15, 0.2) is 0 Å². The molecule has 0 fully saturated rings. The molecule has 0 saturated carbocycles. The van der Waals surface area contributed by atoms with E-state index in [0.29, 0.717) is 25.1 Å². The lowest BCUT2D eigenvalue weighted by atomic mass is 10.0. The van der Waals surface area contributed by atoms with Crippen molar-refractivity contribution in [3.63, 3.8) is 0 Å². The zero-order chi connectivity index (χ0) is 29.8. The molecular weight excluding hydrogens is 534 g/mol. The number of amides is 2. The number of aryl methyl sites for hydroxylation is 2. The summed E-state index contributed by atoms with van der Waals surface area (Å²) in [6.07, 6.45) is 3.80. The number of anilines is 1. The highest BCUT2D eigenvalue weighted by molar-refractivity contribution is 7.92. The normalized spacial score (nSPS) is 12.0. The van der Waals surface area contributed by atoms with Gasteiger partial charge in [-0.1, -0.05) is 91.7 Å². The molecule has 3 aromatic rings. The van der Waals surface area contributed by atoms with E-state index < -0.39 is 16.1 Å². The predicted molar refractivity (Wildman–Crippen MR) is 166 cm³/mol. The van der Waals surface area contributed by atoms with Crippen LogP contribution in [-0.4, -0.2) is 50.5 Å². The fraction of sp³-hybridized carbons (Fsp3) is 0.394. The van der Waals surface area contributed by atoms with E-state index in [1.54, 1.807) is 17.0 Å². The molecule has 8 heteroatoms. The largest absolute Gasteiger partial charge is 0.354 e. The minimum absolute atomic E-state index is 0.108. The Hall–Kier alpha value is -3.65. The van der Waals surface area contributed by atoms with Gasteiger partial charge in [0.1, 0.15) is 6.04 Å². The zero-order valence-corrected chi connectivity index (χ0v) is 25.5. The molecule has 0 heterocycles. The monoisotopic (exact) mass is 577 g/mol. The molecule has 0 unspecified atom stereocenters. The summed E-state index contributed by atoms with van der Waals surface area (Å²) >= 11 is 0. The molecule has 2 amide bonds. The van der Waals surface area contributed by atoms with Crippen LogP contribution in [0.5, 0.6) is 0 Å². The van der Waals surface area contributed by atoms with Crippen molar-refractivity contribution in [2.45, 2.75) is 65.5 Å². The molecule has 3 rings (SSSR count). The Balaban J connectivity index is 1.88. The van der Waals surface area contributed by atoms with Crippen LogP contribution in [-0.2, 0) is 32.6 Å². The maximum absolute atomic E-state index is 13.9. The Morgan fingerprint density at radius 2 is 1.56 bits per heavy atom. The molecule has 0 aliphatic heterocycles. The summed E-state index contributed by atoms with van der Waals surface area (Å²) in [5.41, 5.74) is 4.43. The number of para-hydroxylation sites is 1. The summed E-state index contributed by atoms with van der Waals surface area (Å²) in [7, 11) is -3.55. The fourth-order valence-corrected chi connectivity index (χ4v) is 5.92. The van der Waals surface area contributed by atoms with E-state index in [1.807, 2.05) is 80.6 Å². The molecule has 1 atom stereocenters. The third-order valence-electron chi connectivity index (χ3n) is 7.07. The van der Waals surface area contributed by atoms with Crippen LogP contribution in [0.4, 0.5) is 5.69 Å². The van der Waals surface area contributed by atoms with Gasteiger partial charge in [-0.3, -0.25) is 13.9 Å². The van der Waals surface area contributed by atoms with Crippen molar-refractivity contribution in [2.24, 2.45) is 0 Å². The predicted octanol–water partition coefficient (Wildman–Crippen LogP) is 5.41. The smallest absolute Gasteiger partial charge is 0.243 e. The lowest BCUT2D eigenvalue weighted by Crippen LogP contribution is -2.50. The number of unbranched alkanes of at least 4 members (excludes halogenated alkanes) is 1. The standard InChI is InChI=1S/C33H43N3O4S/c1-5-6-21-34-33(38)31(24-28-16-8-7-9-17-28)35(25-29-18-12-14-26(2)23-29)32(37)20-13-22-36(41(4,39)40)30-19-11-10-15-27(30)3/h7-12,14-19,23,31H,5-6,13,20-22,24-25H2,1-4H3,(H,34,38)/t31-/m1/s1. The lowest BCUT2D eigenvalue weighted by molar-refractivity contribution is -0.141. The number of carbonyl (C=O) groups is 2. The summed E-state index contributed by atoms with van der Waals surface area (Å²) in [6, 6.07) is 24.3. The van der Waals surface area contributed by atoms with Crippen LogP contribution in [0.1, 0.15) is 54.9 Å². The minimum atomic E-state index is -3.55. The quantitative estimate of drug-likeness (QED) is 0.245. The number of benzene rings is 3. The van der Waals surface area contributed by atoms with Gasteiger partial charge in [-0.2, -0.15) is 0 Å². The van der Waals surface area contributed by atoms with E-state index in [9.17, 15) is 18.0 Å². The van der Waals surface area contributed by atoms with E-state index >= 15 is 0 Å². The first kappa shape index (κ1) is 31.9. The van der Waals surface area contributed by atoms with E-state index in [4.69, 9.17) is 0 Å². The van der Waals surface area contributed by atoms with E-state index in [-0.39, 0.29) is 31.3 Å². The number of sulfonamides is 1. The molecule has 0 saturated heterocycles. The molecule has 0 radical (unpaired) electrons. The van der Waals surface area contributed by atoms with Crippen LogP contribution in [0.3, 0.4) is 0 Å². The van der Waals surface area contributed by atoms with Crippen molar-refractivity contribution in [1.82, 2.24) is 10.2 Å². The molecule has 3 aromatic carbocycles. The van der Waals surface area contributed by atoms with Crippen molar-refractivity contribution in [1.29, 1.82) is 0 Å². The second-order valence-corrected chi connectivity index (χ2v) is 12.5. The number of carbonyl (C=O) groups excluding carboxylic acids is 2. The van der Waals surface area contributed by atoms with Gasteiger partial charge in [-0.05, 0) is 49.4 Å². The average molecular weight is 578 g/mol. The highest BCUT2D eigenvalue weighted by Crippen LogP contribution is 2.23. The molecule has 0 spiro atoms. The van der Waals surface area contributed by atoms with Crippen LogP contribution < -0.4 is 9.62 Å². The Bertz CT molecular complexity index is 1390. The third-order valence-corrected chi connectivity index (χ3v) is 8.25. The van der Waals surface area contributed by atoms with E-state index in [1.165, 1.54) is 10.6 Å². The van der Waals surface area contributed by atoms with Gasteiger partial charge < -0.3 is 10.2 Å². The highest BCUT2D eigenvalue weighted by atomic mass is 32.2. The Labute approximate surface area is 245 Å². The first-order chi connectivity index (χ1) is 19.6. The van der Waals surface area contributed by atoms with Crippen LogP contribution in [0.2, 0.25) is 0 Å². The summed E-state index contributed by atoms with van der Waals surface area (Å²) in [6.45, 7) is 6.94. The number of rotatable bonds is 15. The first-order valence-electron chi connectivity index (χ1n) is 14.3. The Morgan fingerprint density at radius 3 is 2.22 bits per heavy atom. The van der Waals surface area contributed by atoms with Gasteiger partial charge in [-0.15, -0.1) is 0 Å². The Kier molecular flexibility index (Phi) is 12.0. The second kappa shape index (κ2) is 15.4. The summed E-state index contributed by atoms with van der Waals surface area (Å²) in [5, 5.41) is 3.04. The van der Waals surface area contributed by atoms with Gasteiger partial charge in [0, 0.05) is 32.5 Å². The molecule has 0 aromatic heterocycles. The van der Waals surface area contributed by atoms with Crippen molar-refractivity contribution in [3.8, 4) is 0 Å². The van der Waals surface area contributed by atoms with Crippen LogP contribution >= 0.6 is 0 Å². The van der Waals surface area contributed by atoms with Crippen molar-refractivity contribution in [2.75, 3.05) is 23.7 Å². The van der Waals surface area contributed by atoms with Gasteiger partial charge in [0.2, 0.25) is 21.8 Å². The highest BCUT2D eigenvalue weighted by Gasteiger charge is 2.30. The topological polar surface area (TPSA) is 86.8 Å². The molecule has 220 valence electrons. The molecular formula is C33H43N3O4S. The number of nitrogens with zero attached hydrogens (tertiary/aromatic N) is 2. The summed E-state index contributed by atoms with van der Waals surface area (Å²) in [4.78, 5) is 29.1. The first-order valence-corrected chi connectivity index (χ1v) is 16.1. The third kappa shape index (κ3) is 9.74. The maximum Gasteiger partial charge on any atom is 0.243 e. The van der Waals surface area contributed by atoms with Crippen molar-refractivity contribution < 1.29 is 18.0 Å². The molecule has 41 heavy (non-hydrogen) atoms. The van der Waals surface area contributed by atoms with Crippen LogP contribution in [0, 0.1) is 13.8 Å². The fourth-order valence-electron chi connectivity index (χ4n) is 4.89. The SMILES string of the molecule is CCCCNC(=O)[C@@H](Cc1ccccc1)N(Cc1cccc(C)c1)C(=O)CCCN(c1ccccc1C)S(C)(=O)=O. The van der Waals surface area contributed by atoms with Crippen molar-refractivity contribution in [3.05, 3.63) is 101 Å². The minimum Gasteiger partial charge on any atom is -0.354 e. The van der Waals surface area contributed by atoms with Gasteiger partial charge in [0.25, 0.3) is 0 Å². The second-order valence-electron chi connectivity index (χ2n) is 10.6. The number of hydrogen-bond donors (Lipinski definition) is 1. The lowest BCUT2D eigenvalue weighted by Gasteiger charge is -2.32. The number of hydrogen-bond acceptors (Lipinski definition) is 4. The van der Waals surface area contributed by atoms with Gasteiger partial charge in [0.05, 0.1) is 11.9 Å². The van der Waals surface area contributed by atoms with E-state index in [2.05, 4.69) is 12.2 Å². The van der Waals surface area contributed by atoms with Gasteiger partial charge in [-0.25, -0.2) is 8.42 Å².